The average molecular weight is 242 g/mol. The first kappa shape index (κ1) is 12.0. The molecule has 0 amide bonds. The number of Topliss-reactive ketones (excluding diaryl/α,β-unsaturated/α-hetero) is 1. The van der Waals surface area contributed by atoms with Gasteiger partial charge >= 0.3 is 0 Å². The van der Waals surface area contributed by atoms with Crippen molar-refractivity contribution in [1.82, 2.24) is 0 Å². The predicted molar refractivity (Wildman–Crippen MR) is 74.4 cm³/mol. The molecule has 2 aliphatic rings. The summed E-state index contributed by atoms with van der Waals surface area (Å²) in [4.78, 5) is 12.1. The van der Waals surface area contributed by atoms with E-state index in [1.54, 1.807) is 6.92 Å². The highest BCUT2D eigenvalue weighted by Crippen LogP contribution is 2.43. The molecule has 0 saturated carbocycles. The van der Waals surface area contributed by atoms with E-state index in [0.29, 0.717) is 0 Å². The van der Waals surface area contributed by atoms with E-state index in [2.05, 4.69) is 19.9 Å². The number of carbonyl (C=O) groups is 1. The lowest BCUT2D eigenvalue weighted by atomic mass is 9.79. The van der Waals surface area contributed by atoms with Gasteiger partial charge in [0.15, 0.2) is 5.78 Å². The first-order valence-corrected chi connectivity index (χ1v) is 7.20. The molecule has 0 atom stereocenters. The summed E-state index contributed by atoms with van der Waals surface area (Å²) >= 11 is 0. The van der Waals surface area contributed by atoms with E-state index >= 15 is 0 Å². The maximum Gasteiger partial charge on any atom is 0.160 e. The van der Waals surface area contributed by atoms with Gasteiger partial charge in [0.1, 0.15) is 0 Å². The first-order chi connectivity index (χ1) is 8.50. The molecule has 1 aromatic rings. The Hall–Kier alpha value is -1.11. The third kappa shape index (κ3) is 1.64. The summed E-state index contributed by atoms with van der Waals surface area (Å²) in [5.74, 6) is 0.280. The van der Waals surface area contributed by atoms with Gasteiger partial charge in [-0.2, -0.15) is 0 Å². The fraction of sp³-hybridized carbons (Fsp3) is 0.588. The summed E-state index contributed by atoms with van der Waals surface area (Å²) in [6, 6.07) is 2.42. The Morgan fingerprint density at radius 3 is 2.56 bits per heavy atom. The van der Waals surface area contributed by atoms with Crippen LogP contribution in [0.3, 0.4) is 0 Å². The van der Waals surface area contributed by atoms with Crippen LogP contribution in [0.15, 0.2) is 6.07 Å². The maximum atomic E-state index is 12.1. The van der Waals surface area contributed by atoms with Crippen molar-refractivity contribution >= 4 is 5.78 Å². The first-order valence-electron chi connectivity index (χ1n) is 7.20. The van der Waals surface area contributed by atoms with Gasteiger partial charge < -0.3 is 0 Å². The standard InChI is InChI=1S/C17H22O/c1-11(18)16-13-7-5-4-6-12(13)10-15-14(16)8-9-17(15,2)3/h10H,4-9H2,1-3H3. The van der Waals surface area contributed by atoms with E-state index in [1.165, 1.54) is 47.9 Å². The predicted octanol–water partition coefficient (Wildman–Crippen LogP) is 3.99. The van der Waals surface area contributed by atoms with Gasteiger partial charge in [0.2, 0.25) is 0 Å². The molecular weight excluding hydrogens is 220 g/mol. The van der Waals surface area contributed by atoms with Crippen molar-refractivity contribution in [2.75, 3.05) is 0 Å². The minimum absolute atomic E-state index is 0.256. The van der Waals surface area contributed by atoms with Crippen molar-refractivity contribution in [2.45, 2.75) is 64.7 Å². The second-order valence-corrected chi connectivity index (χ2v) is 6.56. The summed E-state index contributed by atoms with van der Waals surface area (Å²) in [6.07, 6.45) is 7.08. The summed E-state index contributed by atoms with van der Waals surface area (Å²) in [5, 5.41) is 0. The number of aryl methyl sites for hydroxylation is 1. The molecule has 0 aliphatic heterocycles. The number of carbonyl (C=O) groups excluding carboxylic acids is 1. The molecule has 0 N–H and O–H groups in total. The lowest BCUT2D eigenvalue weighted by Crippen LogP contribution is -2.17. The van der Waals surface area contributed by atoms with Crippen LogP contribution in [-0.2, 0) is 24.7 Å². The molecule has 0 bridgehead atoms. The molecule has 96 valence electrons. The van der Waals surface area contributed by atoms with Crippen molar-refractivity contribution in [3.05, 3.63) is 33.9 Å². The summed E-state index contributed by atoms with van der Waals surface area (Å²) in [7, 11) is 0. The number of fused-ring (bicyclic) bond motifs is 2. The summed E-state index contributed by atoms with van der Waals surface area (Å²) in [6.45, 7) is 6.38. The van der Waals surface area contributed by atoms with E-state index in [9.17, 15) is 4.79 Å². The third-order valence-corrected chi connectivity index (χ3v) is 4.84. The molecule has 0 unspecified atom stereocenters. The van der Waals surface area contributed by atoms with Crippen LogP contribution in [0.1, 0.15) is 72.6 Å². The lowest BCUT2D eigenvalue weighted by Gasteiger charge is -2.25. The van der Waals surface area contributed by atoms with Gasteiger partial charge in [-0.3, -0.25) is 4.79 Å². The fourth-order valence-corrected chi connectivity index (χ4v) is 3.81. The van der Waals surface area contributed by atoms with Crippen molar-refractivity contribution in [3.63, 3.8) is 0 Å². The minimum Gasteiger partial charge on any atom is -0.294 e. The van der Waals surface area contributed by atoms with Crippen molar-refractivity contribution in [3.8, 4) is 0 Å². The molecule has 0 spiro atoms. The molecular formula is C17H22O. The molecule has 0 heterocycles. The van der Waals surface area contributed by atoms with Crippen LogP contribution in [0.2, 0.25) is 0 Å². The number of hydrogen-bond acceptors (Lipinski definition) is 1. The average Bonchev–Trinajstić information content (AvgIpc) is 2.62. The van der Waals surface area contributed by atoms with Gasteiger partial charge in [-0.1, -0.05) is 19.9 Å². The summed E-state index contributed by atoms with van der Waals surface area (Å²) in [5.41, 5.74) is 7.01. The van der Waals surface area contributed by atoms with E-state index in [0.717, 1.165) is 18.4 Å². The number of ketones is 1. The van der Waals surface area contributed by atoms with Crippen molar-refractivity contribution in [2.24, 2.45) is 0 Å². The van der Waals surface area contributed by atoms with Crippen molar-refractivity contribution < 1.29 is 4.79 Å². The zero-order valence-electron chi connectivity index (χ0n) is 11.7. The van der Waals surface area contributed by atoms with Crippen LogP contribution in [-0.4, -0.2) is 5.78 Å². The second kappa shape index (κ2) is 3.94. The molecule has 3 rings (SSSR count). The smallest absolute Gasteiger partial charge is 0.160 e. The topological polar surface area (TPSA) is 17.1 Å². The number of hydrogen-bond donors (Lipinski definition) is 0. The largest absolute Gasteiger partial charge is 0.294 e. The fourth-order valence-electron chi connectivity index (χ4n) is 3.81. The lowest BCUT2D eigenvalue weighted by molar-refractivity contribution is 0.101. The molecule has 1 aromatic carbocycles. The Balaban J connectivity index is 2.29. The van der Waals surface area contributed by atoms with Crippen LogP contribution < -0.4 is 0 Å². The molecule has 1 heteroatoms. The zero-order chi connectivity index (χ0) is 12.9. The Kier molecular flexibility index (Phi) is 2.62. The molecule has 0 aromatic heterocycles. The van der Waals surface area contributed by atoms with Gasteiger partial charge in [0, 0.05) is 5.56 Å². The Bertz CT molecular complexity index is 523. The number of rotatable bonds is 1. The molecule has 2 aliphatic carbocycles. The monoisotopic (exact) mass is 242 g/mol. The Labute approximate surface area is 110 Å². The van der Waals surface area contributed by atoms with Crippen LogP contribution in [0, 0.1) is 0 Å². The minimum atomic E-state index is 0.256. The SMILES string of the molecule is CC(=O)c1c2c(cc3c1CCC3(C)C)CCCC2. The molecule has 18 heavy (non-hydrogen) atoms. The van der Waals surface area contributed by atoms with E-state index in [4.69, 9.17) is 0 Å². The second-order valence-electron chi connectivity index (χ2n) is 6.56. The van der Waals surface area contributed by atoms with E-state index < -0.39 is 0 Å². The molecule has 1 nitrogen and oxygen atoms in total. The van der Waals surface area contributed by atoms with Gasteiger partial charge in [-0.25, -0.2) is 0 Å². The van der Waals surface area contributed by atoms with Crippen molar-refractivity contribution in [1.29, 1.82) is 0 Å². The number of benzene rings is 1. The highest BCUT2D eigenvalue weighted by molar-refractivity contribution is 5.98. The molecule has 0 radical (unpaired) electrons. The third-order valence-electron chi connectivity index (χ3n) is 4.84. The quantitative estimate of drug-likeness (QED) is 0.680. The van der Waals surface area contributed by atoms with Crippen LogP contribution in [0.5, 0.6) is 0 Å². The zero-order valence-corrected chi connectivity index (χ0v) is 11.7. The van der Waals surface area contributed by atoms with Crippen LogP contribution in [0.4, 0.5) is 0 Å². The molecule has 0 saturated heterocycles. The van der Waals surface area contributed by atoms with Crippen LogP contribution in [0.25, 0.3) is 0 Å². The van der Waals surface area contributed by atoms with E-state index in [1.807, 2.05) is 0 Å². The highest BCUT2D eigenvalue weighted by Gasteiger charge is 2.34. The Morgan fingerprint density at radius 1 is 1.11 bits per heavy atom. The van der Waals surface area contributed by atoms with Gasteiger partial charge in [-0.15, -0.1) is 0 Å². The van der Waals surface area contributed by atoms with Gasteiger partial charge in [-0.05, 0) is 73.1 Å². The van der Waals surface area contributed by atoms with E-state index in [-0.39, 0.29) is 11.2 Å². The normalized spacial score (nSPS) is 20.4. The highest BCUT2D eigenvalue weighted by atomic mass is 16.1. The summed E-state index contributed by atoms with van der Waals surface area (Å²) < 4.78 is 0. The maximum absolute atomic E-state index is 12.1. The van der Waals surface area contributed by atoms with Gasteiger partial charge in [0.05, 0.1) is 0 Å². The van der Waals surface area contributed by atoms with Crippen LogP contribution >= 0.6 is 0 Å². The van der Waals surface area contributed by atoms with Gasteiger partial charge in [0.25, 0.3) is 0 Å². The molecule has 0 fully saturated rings. The Morgan fingerprint density at radius 2 is 1.83 bits per heavy atom.